The molecular weight excluding hydrogens is 348 g/mol. The molecule has 0 aromatic heterocycles. The standard InChI is InChI=1S/C20H30N2O5/c1-20(2,3)27-19(24)21-16-8-10-22(11-9-16)13-15-7-6-14(18(23)26-5)12-17(15)25-4/h6-7,12,16H,8-11,13H2,1-5H3,(H,21,24). The van der Waals surface area contributed by atoms with Crippen LogP contribution in [0.2, 0.25) is 0 Å². The molecule has 27 heavy (non-hydrogen) atoms. The summed E-state index contributed by atoms with van der Waals surface area (Å²) < 4.78 is 15.5. The molecule has 0 atom stereocenters. The van der Waals surface area contributed by atoms with Crippen LogP contribution in [0, 0.1) is 0 Å². The van der Waals surface area contributed by atoms with E-state index in [0.29, 0.717) is 11.3 Å². The van der Waals surface area contributed by atoms with E-state index < -0.39 is 5.60 Å². The van der Waals surface area contributed by atoms with Crippen molar-refractivity contribution < 1.29 is 23.8 Å². The minimum Gasteiger partial charge on any atom is -0.496 e. The summed E-state index contributed by atoms with van der Waals surface area (Å²) in [5.74, 6) is 0.292. The summed E-state index contributed by atoms with van der Waals surface area (Å²) in [6, 6.07) is 5.48. The first-order valence-electron chi connectivity index (χ1n) is 9.19. The van der Waals surface area contributed by atoms with Gasteiger partial charge in [0.1, 0.15) is 11.4 Å². The van der Waals surface area contributed by atoms with E-state index in [1.165, 1.54) is 7.11 Å². The number of piperidine rings is 1. The number of alkyl carbamates (subject to hydrolysis) is 1. The van der Waals surface area contributed by atoms with Crippen molar-refractivity contribution in [2.24, 2.45) is 0 Å². The summed E-state index contributed by atoms with van der Waals surface area (Å²) in [6.45, 7) is 8.02. The Labute approximate surface area is 161 Å². The van der Waals surface area contributed by atoms with Crippen LogP contribution in [0.5, 0.6) is 5.75 Å². The Kier molecular flexibility index (Phi) is 7.07. The van der Waals surface area contributed by atoms with Crippen molar-refractivity contribution in [3.8, 4) is 5.75 Å². The molecule has 1 aromatic rings. The maximum absolute atomic E-state index is 11.9. The lowest BCUT2D eigenvalue weighted by Gasteiger charge is -2.33. The van der Waals surface area contributed by atoms with E-state index in [4.69, 9.17) is 14.2 Å². The number of amides is 1. The molecule has 0 radical (unpaired) electrons. The molecule has 0 unspecified atom stereocenters. The highest BCUT2D eigenvalue weighted by molar-refractivity contribution is 5.89. The van der Waals surface area contributed by atoms with E-state index in [1.54, 1.807) is 19.2 Å². The molecule has 1 fully saturated rings. The second-order valence-electron chi connectivity index (χ2n) is 7.71. The van der Waals surface area contributed by atoms with Crippen molar-refractivity contribution in [3.63, 3.8) is 0 Å². The number of hydrogen-bond acceptors (Lipinski definition) is 6. The minimum absolute atomic E-state index is 0.125. The average molecular weight is 378 g/mol. The van der Waals surface area contributed by atoms with Crippen molar-refractivity contribution in [2.45, 2.75) is 51.8 Å². The molecule has 0 bridgehead atoms. The summed E-state index contributed by atoms with van der Waals surface area (Å²) in [5.41, 5.74) is 1.000. The molecule has 1 aliphatic rings. The average Bonchev–Trinajstić information content (AvgIpc) is 2.61. The first-order chi connectivity index (χ1) is 12.7. The molecule has 2 rings (SSSR count). The van der Waals surface area contributed by atoms with Gasteiger partial charge in [0.15, 0.2) is 0 Å². The number of carbonyl (C=O) groups excluding carboxylic acids is 2. The second kappa shape index (κ2) is 9.08. The first-order valence-corrected chi connectivity index (χ1v) is 9.19. The SMILES string of the molecule is COC(=O)c1ccc(CN2CCC(NC(=O)OC(C)(C)C)CC2)c(OC)c1. The molecule has 1 aromatic carbocycles. The molecule has 1 saturated heterocycles. The molecule has 7 nitrogen and oxygen atoms in total. The van der Waals surface area contributed by atoms with Crippen molar-refractivity contribution in [3.05, 3.63) is 29.3 Å². The van der Waals surface area contributed by atoms with Crippen LogP contribution in [0.25, 0.3) is 0 Å². The van der Waals surface area contributed by atoms with Crippen LogP contribution in [-0.4, -0.2) is 55.9 Å². The topological polar surface area (TPSA) is 77.1 Å². The fraction of sp³-hybridized carbons (Fsp3) is 0.600. The zero-order valence-electron chi connectivity index (χ0n) is 16.8. The first kappa shape index (κ1) is 21.0. The Balaban J connectivity index is 1.88. The Morgan fingerprint density at radius 1 is 1.19 bits per heavy atom. The number of methoxy groups -OCH3 is 2. The highest BCUT2D eigenvalue weighted by atomic mass is 16.6. The Morgan fingerprint density at radius 3 is 2.41 bits per heavy atom. The maximum atomic E-state index is 11.9. The number of nitrogens with one attached hydrogen (secondary N) is 1. The molecule has 1 amide bonds. The molecule has 0 saturated carbocycles. The van der Waals surface area contributed by atoms with Gasteiger partial charge in [0.2, 0.25) is 0 Å². The number of rotatable bonds is 5. The fourth-order valence-corrected chi connectivity index (χ4v) is 3.07. The highest BCUT2D eigenvalue weighted by Gasteiger charge is 2.24. The van der Waals surface area contributed by atoms with E-state index in [2.05, 4.69) is 10.2 Å². The van der Waals surface area contributed by atoms with Crippen molar-refractivity contribution in [1.29, 1.82) is 0 Å². The van der Waals surface area contributed by atoms with E-state index in [9.17, 15) is 9.59 Å². The third-order valence-corrected chi connectivity index (χ3v) is 4.41. The molecule has 1 aliphatic heterocycles. The van der Waals surface area contributed by atoms with Crippen molar-refractivity contribution in [1.82, 2.24) is 10.2 Å². The van der Waals surface area contributed by atoms with Gasteiger partial charge in [-0.2, -0.15) is 0 Å². The Morgan fingerprint density at radius 2 is 1.85 bits per heavy atom. The summed E-state index contributed by atoms with van der Waals surface area (Å²) in [7, 11) is 2.95. The van der Waals surface area contributed by atoms with Gasteiger partial charge in [0, 0.05) is 31.2 Å². The Bertz CT molecular complexity index is 661. The monoisotopic (exact) mass is 378 g/mol. The molecular formula is C20H30N2O5. The predicted molar refractivity (Wildman–Crippen MR) is 102 cm³/mol. The summed E-state index contributed by atoms with van der Waals surface area (Å²) in [5, 5.41) is 2.94. The summed E-state index contributed by atoms with van der Waals surface area (Å²) >= 11 is 0. The van der Waals surface area contributed by atoms with Gasteiger partial charge in [-0.1, -0.05) is 6.07 Å². The molecule has 0 spiro atoms. The smallest absolute Gasteiger partial charge is 0.407 e. The number of likely N-dealkylation sites (tertiary alicyclic amines) is 1. The molecule has 7 heteroatoms. The third kappa shape index (κ3) is 6.43. The van der Waals surface area contributed by atoms with Crippen LogP contribution in [0.3, 0.4) is 0 Å². The molecule has 1 heterocycles. The van der Waals surface area contributed by atoms with E-state index in [0.717, 1.165) is 38.0 Å². The van der Waals surface area contributed by atoms with Crippen LogP contribution in [0.1, 0.15) is 49.5 Å². The normalized spacial score (nSPS) is 15.9. The van der Waals surface area contributed by atoms with Crippen LogP contribution in [0.4, 0.5) is 4.79 Å². The van der Waals surface area contributed by atoms with E-state index in [-0.39, 0.29) is 18.1 Å². The highest BCUT2D eigenvalue weighted by Crippen LogP contribution is 2.24. The zero-order valence-corrected chi connectivity index (χ0v) is 16.8. The van der Waals surface area contributed by atoms with E-state index in [1.807, 2.05) is 26.8 Å². The number of nitrogens with zero attached hydrogens (tertiary/aromatic N) is 1. The summed E-state index contributed by atoms with van der Waals surface area (Å²) in [6.07, 6.45) is 1.37. The van der Waals surface area contributed by atoms with Gasteiger partial charge in [-0.3, -0.25) is 4.90 Å². The lowest BCUT2D eigenvalue weighted by Crippen LogP contribution is -2.45. The van der Waals surface area contributed by atoms with Crippen molar-refractivity contribution in [2.75, 3.05) is 27.3 Å². The number of hydrogen-bond donors (Lipinski definition) is 1. The lowest BCUT2D eigenvalue weighted by atomic mass is 10.0. The Hall–Kier alpha value is -2.28. The fourth-order valence-electron chi connectivity index (χ4n) is 3.07. The number of benzene rings is 1. The van der Waals surface area contributed by atoms with E-state index >= 15 is 0 Å². The van der Waals surface area contributed by atoms with Crippen LogP contribution in [0.15, 0.2) is 18.2 Å². The quantitative estimate of drug-likeness (QED) is 0.794. The van der Waals surface area contributed by atoms with Crippen LogP contribution in [-0.2, 0) is 16.0 Å². The van der Waals surface area contributed by atoms with Crippen LogP contribution < -0.4 is 10.1 Å². The number of esters is 1. The number of carbonyl (C=O) groups is 2. The number of ether oxygens (including phenoxy) is 3. The van der Waals surface area contributed by atoms with Crippen LogP contribution >= 0.6 is 0 Å². The van der Waals surface area contributed by atoms with Gasteiger partial charge < -0.3 is 19.5 Å². The lowest BCUT2D eigenvalue weighted by molar-refractivity contribution is 0.0476. The van der Waals surface area contributed by atoms with Gasteiger partial charge >= 0.3 is 12.1 Å². The van der Waals surface area contributed by atoms with Gasteiger partial charge in [0.05, 0.1) is 19.8 Å². The van der Waals surface area contributed by atoms with Gasteiger partial charge in [-0.25, -0.2) is 9.59 Å². The molecule has 1 N–H and O–H groups in total. The third-order valence-electron chi connectivity index (χ3n) is 4.41. The van der Waals surface area contributed by atoms with Crippen molar-refractivity contribution >= 4 is 12.1 Å². The zero-order chi connectivity index (χ0) is 20.0. The van der Waals surface area contributed by atoms with Gasteiger partial charge in [0.25, 0.3) is 0 Å². The summed E-state index contributed by atoms with van der Waals surface area (Å²) in [4.78, 5) is 25.9. The second-order valence-corrected chi connectivity index (χ2v) is 7.71. The largest absolute Gasteiger partial charge is 0.496 e. The predicted octanol–water partition coefficient (Wildman–Crippen LogP) is 2.97. The van der Waals surface area contributed by atoms with Gasteiger partial charge in [-0.15, -0.1) is 0 Å². The molecule has 0 aliphatic carbocycles. The van der Waals surface area contributed by atoms with Gasteiger partial charge in [-0.05, 0) is 45.7 Å². The minimum atomic E-state index is -0.488. The molecule has 150 valence electrons. The maximum Gasteiger partial charge on any atom is 0.407 e.